The van der Waals surface area contributed by atoms with Gasteiger partial charge in [-0.25, -0.2) is 9.59 Å². The van der Waals surface area contributed by atoms with Gasteiger partial charge in [-0.15, -0.1) is 0 Å². The molecule has 1 heterocycles. The highest BCUT2D eigenvalue weighted by Gasteiger charge is 2.14. The first-order valence-electron chi connectivity index (χ1n) is 11.0. The minimum absolute atomic E-state index is 0.0854. The smallest absolute Gasteiger partial charge is 0.349 e. The standard InChI is InChI=1S/C28H23NO6/c1-33-22-11-7-20(8-12-22)9-14-26(30)34-23-13-10-21-17-24(28(32)35-25(21)18-23)27(31)29-16-15-19-5-3-2-4-6-19/h2-14,17-18H,15-16H2,1H3,(H,29,31)/b14-9+. The molecule has 0 aliphatic carbocycles. The number of esters is 1. The molecule has 0 aliphatic heterocycles. The fourth-order valence-corrected chi connectivity index (χ4v) is 3.40. The fourth-order valence-electron chi connectivity index (χ4n) is 3.40. The van der Waals surface area contributed by atoms with Gasteiger partial charge >= 0.3 is 11.6 Å². The van der Waals surface area contributed by atoms with Crippen molar-refractivity contribution in [1.82, 2.24) is 5.32 Å². The van der Waals surface area contributed by atoms with E-state index in [1.807, 2.05) is 42.5 Å². The summed E-state index contributed by atoms with van der Waals surface area (Å²) in [5.74, 6) is -0.159. The fraction of sp³-hybridized carbons (Fsp3) is 0.107. The molecule has 0 spiro atoms. The maximum absolute atomic E-state index is 12.5. The Morgan fingerprint density at radius 3 is 2.43 bits per heavy atom. The van der Waals surface area contributed by atoms with Crippen molar-refractivity contribution in [3.05, 3.63) is 112 Å². The molecule has 1 N–H and O–H groups in total. The van der Waals surface area contributed by atoms with Crippen molar-refractivity contribution < 1.29 is 23.5 Å². The van der Waals surface area contributed by atoms with Gasteiger partial charge in [0.2, 0.25) is 0 Å². The van der Waals surface area contributed by atoms with Crippen molar-refractivity contribution in [3.63, 3.8) is 0 Å². The van der Waals surface area contributed by atoms with Gasteiger partial charge in [-0.2, -0.15) is 0 Å². The highest BCUT2D eigenvalue weighted by molar-refractivity contribution is 5.97. The molecule has 176 valence electrons. The zero-order chi connectivity index (χ0) is 24.6. The van der Waals surface area contributed by atoms with Gasteiger partial charge in [0.25, 0.3) is 5.91 Å². The van der Waals surface area contributed by atoms with Crippen LogP contribution in [0.4, 0.5) is 0 Å². The van der Waals surface area contributed by atoms with E-state index >= 15 is 0 Å². The monoisotopic (exact) mass is 469 g/mol. The first-order chi connectivity index (χ1) is 17.0. The van der Waals surface area contributed by atoms with E-state index in [0.29, 0.717) is 18.4 Å². The Balaban J connectivity index is 1.40. The third-order valence-electron chi connectivity index (χ3n) is 5.24. The molecule has 35 heavy (non-hydrogen) atoms. The molecule has 1 amide bonds. The van der Waals surface area contributed by atoms with Crippen molar-refractivity contribution >= 4 is 28.9 Å². The first kappa shape index (κ1) is 23.5. The Labute approximate surface area is 201 Å². The highest BCUT2D eigenvalue weighted by Crippen LogP contribution is 2.21. The van der Waals surface area contributed by atoms with Crippen LogP contribution in [0, 0.1) is 0 Å². The third-order valence-corrected chi connectivity index (χ3v) is 5.24. The van der Waals surface area contributed by atoms with E-state index in [-0.39, 0.29) is 16.9 Å². The van der Waals surface area contributed by atoms with E-state index in [9.17, 15) is 14.4 Å². The second-order valence-corrected chi connectivity index (χ2v) is 7.67. The molecule has 1 aromatic heterocycles. The van der Waals surface area contributed by atoms with Gasteiger partial charge in [0.1, 0.15) is 22.6 Å². The molecule has 7 heteroatoms. The Kier molecular flexibility index (Phi) is 7.37. The number of carbonyl (C=O) groups is 2. The Morgan fingerprint density at radius 1 is 0.943 bits per heavy atom. The maximum atomic E-state index is 12.5. The predicted molar refractivity (Wildman–Crippen MR) is 133 cm³/mol. The van der Waals surface area contributed by atoms with E-state index in [1.165, 1.54) is 18.2 Å². The van der Waals surface area contributed by atoms with Crippen LogP contribution in [0.1, 0.15) is 21.5 Å². The summed E-state index contributed by atoms with van der Waals surface area (Å²) in [7, 11) is 1.58. The van der Waals surface area contributed by atoms with Crippen LogP contribution in [-0.2, 0) is 11.2 Å². The minimum atomic E-state index is -0.766. The van der Waals surface area contributed by atoms with Gasteiger partial charge in [-0.1, -0.05) is 42.5 Å². The number of amides is 1. The molecule has 7 nitrogen and oxygen atoms in total. The Bertz CT molecular complexity index is 1420. The van der Waals surface area contributed by atoms with Crippen LogP contribution in [0.25, 0.3) is 17.0 Å². The highest BCUT2D eigenvalue weighted by atomic mass is 16.5. The number of methoxy groups -OCH3 is 1. The summed E-state index contributed by atoms with van der Waals surface area (Å²) < 4.78 is 15.7. The number of ether oxygens (including phenoxy) is 2. The van der Waals surface area contributed by atoms with Gasteiger partial charge in [-0.3, -0.25) is 4.79 Å². The lowest BCUT2D eigenvalue weighted by atomic mass is 10.1. The van der Waals surface area contributed by atoms with Crippen LogP contribution in [0.15, 0.2) is 94.2 Å². The molecule has 0 radical (unpaired) electrons. The molecule has 0 atom stereocenters. The van der Waals surface area contributed by atoms with E-state index < -0.39 is 17.5 Å². The summed E-state index contributed by atoms with van der Waals surface area (Å²) in [6.45, 7) is 0.388. The maximum Gasteiger partial charge on any atom is 0.349 e. The minimum Gasteiger partial charge on any atom is -0.497 e. The van der Waals surface area contributed by atoms with Gasteiger partial charge in [-0.05, 0) is 54.0 Å². The van der Waals surface area contributed by atoms with E-state index in [4.69, 9.17) is 13.9 Å². The number of carbonyl (C=O) groups excluding carboxylic acids is 2. The molecule has 0 bridgehead atoms. The number of benzene rings is 3. The lowest BCUT2D eigenvalue weighted by Gasteiger charge is -2.06. The summed E-state index contributed by atoms with van der Waals surface area (Å²) in [5.41, 5.74) is 1.25. The van der Waals surface area contributed by atoms with Gasteiger partial charge in [0.15, 0.2) is 0 Å². The third kappa shape index (κ3) is 6.23. The molecule has 0 unspecified atom stereocenters. The zero-order valence-corrected chi connectivity index (χ0v) is 19.0. The van der Waals surface area contributed by atoms with Crippen LogP contribution in [0.3, 0.4) is 0 Å². The lowest BCUT2D eigenvalue weighted by molar-refractivity contribution is -0.128. The van der Waals surface area contributed by atoms with Gasteiger partial charge in [0.05, 0.1) is 7.11 Å². The van der Waals surface area contributed by atoms with Crippen LogP contribution in [0.2, 0.25) is 0 Å². The average molecular weight is 469 g/mol. The number of hydrogen-bond acceptors (Lipinski definition) is 6. The molecule has 0 aliphatic rings. The molecule has 0 saturated heterocycles. The number of hydrogen-bond donors (Lipinski definition) is 1. The van der Waals surface area contributed by atoms with E-state index in [2.05, 4.69) is 5.32 Å². The summed E-state index contributed by atoms with van der Waals surface area (Å²) >= 11 is 0. The Morgan fingerprint density at radius 2 is 1.69 bits per heavy atom. The normalized spacial score (nSPS) is 10.9. The zero-order valence-electron chi connectivity index (χ0n) is 19.0. The van der Waals surface area contributed by atoms with Crippen LogP contribution in [0.5, 0.6) is 11.5 Å². The van der Waals surface area contributed by atoms with E-state index in [0.717, 1.165) is 16.9 Å². The largest absolute Gasteiger partial charge is 0.497 e. The Hall–Kier alpha value is -4.65. The summed E-state index contributed by atoms with van der Waals surface area (Å²) in [4.78, 5) is 37.1. The van der Waals surface area contributed by atoms with Gasteiger partial charge < -0.3 is 19.2 Å². The SMILES string of the molecule is COc1ccc(/C=C/C(=O)Oc2ccc3cc(C(=O)NCCc4ccccc4)c(=O)oc3c2)cc1. The number of rotatable bonds is 8. The quantitative estimate of drug-likeness (QED) is 0.178. The molecule has 4 rings (SSSR count). The van der Waals surface area contributed by atoms with Gasteiger partial charge in [0, 0.05) is 24.1 Å². The summed E-state index contributed by atoms with van der Waals surface area (Å²) in [6.07, 6.45) is 3.56. The molecule has 4 aromatic rings. The molecular formula is C28H23NO6. The van der Waals surface area contributed by atoms with E-state index in [1.54, 1.807) is 37.5 Å². The summed E-state index contributed by atoms with van der Waals surface area (Å²) in [5, 5.41) is 3.28. The molecule has 3 aromatic carbocycles. The number of nitrogens with one attached hydrogen (secondary N) is 1. The van der Waals surface area contributed by atoms with Crippen LogP contribution in [-0.4, -0.2) is 25.5 Å². The first-order valence-corrected chi connectivity index (χ1v) is 11.0. The number of fused-ring (bicyclic) bond motifs is 1. The molecule has 0 saturated carbocycles. The summed E-state index contributed by atoms with van der Waals surface area (Å²) in [6, 6.07) is 23.0. The average Bonchev–Trinajstić information content (AvgIpc) is 2.88. The van der Waals surface area contributed by atoms with Crippen LogP contribution >= 0.6 is 0 Å². The van der Waals surface area contributed by atoms with Crippen molar-refractivity contribution in [2.24, 2.45) is 0 Å². The van der Waals surface area contributed by atoms with Crippen LogP contribution < -0.4 is 20.4 Å². The molecule has 0 fully saturated rings. The van der Waals surface area contributed by atoms with Crippen molar-refractivity contribution in [3.8, 4) is 11.5 Å². The topological polar surface area (TPSA) is 94.8 Å². The second kappa shape index (κ2) is 11.0. The van der Waals surface area contributed by atoms with Crippen molar-refractivity contribution in [2.75, 3.05) is 13.7 Å². The second-order valence-electron chi connectivity index (χ2n) is 7.67. The van der Waals surface area contributed by atoms with Crippen molar-refractivity contribution in [1.29, 1.82) is 0 Å². The lowest BCUT2D eigenvalue weighted by Crippen LogP contribution is -2.29. The molecular weight excluding hydrogens is 446 g/mol. The van der Waals surface area contributed by atoms with Crippen molar-refractivity contribution in [2.45, 2.75) is 6.42 Å². The predicted octanol–water partition coefficient (Wildman–Crippen LogP) is 4.39.